The summed E-state index contributed by atoms with van der Waals surface area (Å²) < 4.78 is 7.44. The molecule has 136 valence electrons. The van der Waals surface area contributed by atoms with E-state index in [0.717, 1.165) is 31.2 Å². The minimum Gasteiger partial charge on any atom is -0.380 e. The van der Waals surface area contributed by atoms with Gasteiger partial charge in [0.15, 0.2) is 5.96 Å². The van der Waals surface area contributed by atoms with E-state index in [0.29, 0.717) is 19.1 Å². The Morgan fingerprint density at radius 2 is 2.00 bits per heavy atom. The molecule has 0 atom stereocenters. The van der Waals surface area contributed by atoms with Gasteiger partial charge >= 0.3 is 0 Å². The minimum absolute atomic E-state index is 0.682. The summed E-state index contributed by atoms with van der Waals surface area (Å²) in [5.41, 5.74) is 2.24. The van der Waals surface area contributed by atoms with Gasteiger partial charge in [0.05, 0.1) is 12.3 Å². The third-order valence-electron chi connectivity index (χ3n) is 3.77. The van der Waals surface area contributed by atoms with Gasteiger partial charge in [-0.3, -0.25) is 4.99 Å². The molecule has 1 aromatic carbocycles. The van der Waals surface area contributed by atoms with E-state index in [4.69, 9.17) is 4.74 Å². The largest absolute Gasteiger partial charge is 0.380 e. The van der Waals surface area contributed by atoms with Gasteiger partial charge in [0.1, 0.15) is 0 Å². The summed E-state index contributed by atoms with van der Waals surface area (Å²) in [6.45, 7) is 7.37. The number of aromatic nitrogens is 2. The lowest BCUT2D eigenvalue weighted by Gasteiger charge is -2.13. The average Bonchev–Trinajstić information content (AvgIpc) is 3.15. The Morgan fingerprint density at radius 1 is 1.20 bits per heavy atom. The van der Waals surface area contributed by atoms with Crippen LogP contribution in [0.3, 0.4) is 0 Å². The van der Waals surface area contributed by atoms with E-state index in [-0.39, 0.29) is 0 Å². The van der Waals surface area contributed by atoms with Crippen molar-refractivity contribution in [2.45, 2.75) is 26.8 Å². The van der Waals surface area contributed by atoms with Crippen LogP contribution in [0, 0.1) is 5.92 Å². The molecule has 0 saturated carbocycles. The highest BCUT2D eigenvalue weighted by Gasteiger charge is 2.00. The van der Waals surface area contributed by atoms with E-state index in [1.165, 1.54) is 5.56 Å². The first-order valence-corrected chi connectivity index (χ1v) is 8.80. The standard InChI is InChI=1S/C19H29N5O/c1-16(2)9-13-25-14-11-21-19(20-3)22-15-17-5-7-18(8-6-17)24-12-4-10-23-24/h4-8,10,12,16H,9,11,13-15H2,1-3H3,(H2,20,21,22). The molecule has 0 fully saturated rings. The van der Waals surface area contributed by atoms with Gasteiger partial charge < -0.3 is 15.4 Å². The fourth-order valence-electron chi connectivity index (χ4n) is 2.26. The van der Waals surface area contributed by atoms with Gasteiger partial charge in [0, 0.05) is 39.1 Å². The van der Waals surface area contributed by atoms with Crippen LogP contribution in [0.5, 0.6) is 0 Å². The van der Waals surface area contributed by atoms with Crippen LogP contribution in [0.2, 0.25) is 0 Å². The molecular formula is C19H29N5O. The van der Waals surface area contributed by atoms with Crippen molar-refractivity contribution in [3.8, 4) is 5.69 Å². The second-order valence-corrected chi connectivity index (χ2v) is 6.26. The van der Waals surface area contributed by atoms with Gasteiger partial charge in [-0.25, -0.2) is 4.68 Å². The third kappa shape index (κ3) is 6.97. The number of nitrogens with zero attached hydrogens (tertiary/aromatic N) is 3. The molecule has 0 spiro atoms. The first-order valence-electron chi connectivity index (χ1n) is 8.80. The Balaban J connectivity index is 1.68. The van der Waals surface area contributed by atoms with Crippen molar-refractivity contribution in [1.82, 2.24) is 20.4 Å². The molecule has 6 nitrogen and oxygen atoms in total. The van der Waals surface area contributed by atoms with Crippen molar-refractivity contribution in [2.75, 3.05) is 26.8 Å². The topological polar surface area (TPSA) is 63.5 Å². The Bertz CT molecular complexity index is 620. The number of nitrogens with one attached hydrogen (secondary N) is 2. The molecule has 0 aliphatic heterocycles. The summed E-state index contributed by atoms with van der Waals surface area (Å²) in [5.74, 6) is 1.46. The molecule has 0 unspecified atom stereocenters. The summed E-state index contributed by atoms with van der Waals surface area (Å²) in [6.07, 6.45) is 4.81. The Kier molecular flexibility index (Phi) is 7.98. The summed E-state index contributed by atoms with van der Waals surface area (Å²) in [4.78, 5) is 4.23. The van der Waals surface area contributed by atoms with Gasteiger partial charge in [-0.15, -0.1) is 0 Å². The molecule has 1 aromatic heterocycles. The van der Waals surface area contributed by atoms with Crippen molar-refractivity contribution < 1.29 is 4.74 Å². The molecule has 0 saturated heterocycles. The Labute approximate surface area is 150 Å². The third-order valence-corrected chi connectivity index (χ3v) is 3.77. The lowest BCUT2D eigenvalue weighted by molar-refractivity contribution is 0.128. The van der Waals surface area contributed by atoms with Crippen molar-refractivity contribution >= 4 is 5.96 Å². The first kappa shape index (κ1) is 19.0. The SMILES string of the molecule is CN=C(NCCOCCC(C)C)NCc1ccc(-n2cccn2)cc1. The summed E-state index contributed by atoms with van der Waals surface area (Å²) in [7, 11) is 1.77. The molecule has 1 heterocycles. The van der Waals surface area contributed by atoms with Crippen LogP contribution in [0.4, 0.5) is 0 Å². The summed E-state index contributed by atoms with van der Waals surface area (Å²) in [6, 6.07) is 10.2. The fourth-order valence-corrected chi connectivity index (χ4v) is 2.26. The molecule has 0 radical (unpaired) electrons. The quantitative estimate of drug-likeness (QED) is 0.417. The van der Waals surface area contributed by atoms with Crippen molar-refractivity contribution in [1.29, 1.82) is 0 Å². The zero-order valence-corrected chi connectivity index (χ0v) is 15.4. The van der Waals surface area contributed by atoms with Gasteiger partial charge in [-0.1, -0.05) is 26.0 Å². The monoisotopic (exact) mass is 343 g/mol. The first-order chi connectivity index (χ1) is 12.2. The van der Waals surface area contributed by atoms with E-state index < -0.39 is 0 Å². The number of rotatable bonds is 9. The molecule has 0 aliphatic carbocycles. The van der Waals surface area contributed by atoms with Crippen LogP contribution in [0.25, 0.3) is 5.69 Å². The number of benzene rings is 1. The van der Waals surface area contributed by atoms with Crippen LogP contribution in [-0.4, -0.2) is 42.5 Å². The molecular weight excluding hydrogens is 314 g/mol. The zero-order valence-electron chi connectivity index (χ0n) is 15.4. The molecule has 25 heavy (non-hydrogen) atoms. The average molecular weight is 343 g/mol. The van der Waals surface area contributed by atoms with E-state index in [1.54, 1.807) is 13.2 Å². The molecule has 2 aromatic rings. The maximum atomic E-state index is 5.60. The number of ether oxygens (including phenoxy) is 1. The minimum atomic E-state index is 0.682. The maximum absolute atomic E-state index is 5.60. The summed E-state index contributed by atoms with van der Waals surface area (Å²) in [5, 5.41) is 10.8. The predicted octanol–water partition coefficient (Wildman–Crippen LogP) is 2.60. The number of hydrogen-bond donors (Lipinski definition) is 2. The highest BCUT2D eigenvalue weighted by Crippen LogP contribution is 2.08. The summed E-state index contributed by atoms with van der Waals surface area (Å²) >= 11 is 0. The van der Waals surface area contributed by atoms with Crippen LogP contribution in [0.1, 0.15) is 25.8 Å². The van der Waals surface area contributed by atoms with E-state index in [2.05, 4.69) is 58.8 Å². The number of hydrogen-bond acceptors (Lipinski definition) is 3. The van der Waals surface area contributed by atoms with E-state index >= 15 is 0 Å². The Hall–Kier alpha value is -2.34. The molecule has 0 bridgehead atoms. The number of guanidine groups is 1. The van der Waals surface area contributed by atoms with Crippen molar-refractivity contribution in [2.24, 2.45) is 10.9 Å². The van der Waals surface area contributed by atoms with Gasteiger partial charge in [-0.05, 0) is 36.1 Å². The molecule has 2 rings (SSSR count). The Morgan fingerprint density at radius 3 is 2.64 bits per heavy atom. The van der Waals surface area contributed by atoms with Gasteiger partial charge in [-0.2, -0.15) is 5.10 Å². The van der Waals surface area contributed by atoms with Crippen LogP contribution in [0.15, 0.2) is 47.7 Å². The normalized spacial score (nSPS) is 11.8. The molecule has 2 N–H and O–H groups in total. The van der Waals surface area contributed by atoms with Crippen molar-refractivity contribution in [3.63, 3.8) is 0 Å². The van der Waals surface area contributed by atoms with E-state index in [1.807, 2.05) is 16.9 Å². The highest BCUT2D eigenvalue weighted by atomic mass is 16.5. The zero-order chi connectivity index (χ0) is 17.9. The molecule has 0 aliphatic rings. The van der Waals surface area contributed by atoms with Crippen molar-refractivity contribution in [3.05, 3.63) is 48.3 Å². The predicted molar refractivity (Wildman–Crippen MR) is 102 cm³/mol. The number of aliphatic imine (C=N–C) groups is 1. The smallest absolute Gasteiger partial charge is 0.191 e. The van der Waals surface area contributed by atoms with Crippen LogP contribution in [-0.2, 0) is 11.3 Å². The van der Waals surface area contributed by atoms with Crippen LogP contribution < -0.4 is 10.6 Å². The second-order valence-electron chi connectivity index (χ2n) is 6.26. The van der Waals surface area contributed by atoms with Gasteiger partial charge in [0.2, 0.25) is 0 Å². The lowest BCUT2D eigenvalue weighted by atomic mass is 10.1. The molecule has 0 amide bonds. The van der Waals surface area contributed by atoms with Gasteiger partial charge in [0.25, 0.3) is 0 Å². The molecule has 6 heteroatoms. The van der Waals surface area contributed by atoms with E-state index in [9.17, 15) is 0 Å². The van der Waals surface area contributed by atoms with Crippen LogP contribution >= 0.6 is 0 Å². The second kappa shape index (κ2) is 10.5. The highest BCUT2D eigenvalue weighted by molar-refractivity contribution is 5.79. The fraction of sp³-hybridized carbons (Fsp3) is 0.474. The maximum Gasteiger partial charge on any atom is 0.191 e. The lowest BCUT2D eigenvalue weighted by Crippen LogP contribution is -2.38.